The summed E-state index contributed by atoms with van der Waals surface area (Å²) in [5.74, 6) is -2.03. The number of esters is 2. The van der Waals surface area contributed by atoms with Gasteiger partial charge in [-0.05, 0) is 77.0 Å². The number of rotatable bonds is 43. The third-order valence-corrected chi connectivity index (χ3v) is 10.1. The number of unbranched alkanes of at least 4 members (excludes halogenated alkanes) is 20. The van der Waals surface area contributed by atoms with Gasteiger partial charge in [-0.1, -0.05) is 152 Å². The Balaban J connectivity index is 4.42. The maximum Gasteiger partial charge on any atom is 0.361 e. The predicted molar refractivity (Wildman–Crippen MR) is 244 cm³/mol. The Bertz CT molecular complexity index is 1110. The summed E-state index contributed by atoms with van der Waals surface area (Å²) in [5.41, 5.74) is 0. The maximum absolute atomic E-state index is 12.8. The molecule has 0 aromatic rings. The van der Waals surface area contributed by atoms with Crippen LogP contribution in [0.3, 0.4) is 0 Å². The Kier molecular flexibility index (Phi) is 40.0. The molecule has 0 amide bonds. The van der Waals surface area contributed by atoms with Crippen molar-refractivity contribution >= 4 is 17.9 Å². The van der Waals surface area contributed by atoms with E-state index in [-0.39, 0.29) is 38.6 Å². The van der Waals surface area contributed by atoms with Gasteiger partial charge in [-0.25, -0.2) is 4.79 Å². The molecule has 0 aromatic heterocycles. The molecule has 0 rings (SSSR count). The molecule has 59 heavy (non-hydrogen) atoms. The van der Waals surface area contributed by atoms with E-state index in [9.17, 15) is 19.5 Å². The van der Waals surface area contributed by atoms with Crippen molar-refractivity contribution in [2.45, 2.75) is 206 Å². The Hall–Kier alpha value is -2.75. The van der Waals surface area contributed by atoms with Crippen LogP contribution in [0, 0.1) is 0 Å². The number of quaternary nitrogens is 1. The van der Waals surface area contributed by atoms with Gasteiger partial charge in [0.05, 0.1) is 34.4 Å². The minimum atomic E-state index is -1.51. The zero-order valence-electron chi connectivity index (χ0n) is 38.7. The van der Waals surface area contributed by atoms with Crippen molar-refractivity contribution in [3.63, 3.8) is 0 Å². The smallest absolute Gasteiger partial charge is 0.361 e. The average Bonchev–Trinajstić information content (AvgIpc) is 3.19. The first-order chi connectivity index (χ1) is 28.6. The first kappa shape index (κ1) is 56.2. The lowest BCUT2D eigenvalue weighted by atomic mass is 10.1. The van der Waals surface area contributed by atoms with Crippen LogP contribution in [0.1, 0.15) is 194 Å². The summed E-state index contributed by atoms with van der Waals surface area (Å²) in [6, 6.07) is 0. The second kappa shape index (κ2) is 42.0. The second-order valence-corrected chi connectivity index (χ2v) is 17.1. The summed E-state index contributed by atoms with van der Waals surface area (Å²) in [4.78, 5) is 37.2. The van der Waals surface area contributed by atoms with Crippen molar-refractivity contribution in [2.75, 3.05) is 47.5 Å². The van der Waals surface area contributed by atoms with Gasteiger partial charge < -0.3 is 28.5 Å². The molecule has 342 valence electrons. The van der Waals surface area contributed by atoms with Crippen molar-refractivity contribution in [2.24, 2.45) is 0 Å². The van der Waals surface area contributed by atoms with Gasteiger partial charge in [0.25, 0.3) is 6.29 Å². The Morgan fingerprint density at radius 3 is 1.34 bits per heavy atom. The van der Waals surface area contributed by atoms with Crippen molar-refractivity contribution < 1.29 is 42.9 Å². The highest BCUT2D eigenvalue weighted by atomic mass is 16.7. The second-order valence-electron chi connectivity index (χ2n) is 17.1. The summed E-state index contributed by atoms with van der Waals surface area (Å²) in [7, 11) is 5.95. The van der Waals surface area contributed by atoms with Crippen molar-refractivity contribution in [1.29, 1.82) is 0 Å². The minimum absolute atomic E-state index is 0.183. The molecule has 0 aliphatic carbocycles. The van der Waals surface area contributed by atoms with Crippen LogP contribution >= 0.6 is 0 Å². The van der Waals surface area contributed by atoms with Gasteiger partial charge in [0.15, 0.2) is 6.10 Å². The van der Waals surface area contributed by atoms with Crippen LogP contribution in [0.2, 0.25) is 0 Å². The molecule has 0 saturated carbocycles. The Morgan fingerprint density at radius 2 is 0.915 bits per heavy atom. The van der Waals surface area contributed by atoms with E-state index in [2.05, 4.69) is 62.5 Å². The highest BCUT2D eigenvalue weighted by Gasteiger charge is 2.25. The summed E-state index contributed by atoms with van der Waals surface area (Å²) >= 11 is 0. The number of hydrogen-bond acceptors (Lipinski definition) is 7. The molecule has 0 saturated heterocycles. The van der Waals surface area contributed by atoms with Gasteiger partial charge in [-0.3, -0.25) is 9.59 Å². The Morgan fingerprint density at radius 1 is 0.508 bits per heavy atom. The fourth-order valence-electron chi connectivity index (χ4n) is 6.31. The summed E-state index contributed by atoms with van der Waals surface area (Å²) < 4.78 is 22.7. The summed E-state index contributed by atoms with van der Waals surface area (Å²) in [6.07, 6.45) is 45.9. The highest BCUT2D eigenvalue weighted by molar-refractivity contribution is 5.71. The number of carboxylic acid groups (broad SMARTS) is 1. The maximum atomic E-state index is 12.8. The standard InChI is InChI=1S/C50H89NO8/c1-6-8-10-12-14-16-18-20-22-23-24-25-27-29-31-33-35-37-39-41-48(53)59-46(45-58-50(49(54)55)56-43-42-51(3,4)5)44-57-47(52)40-38-36-34-32-30-28-26-21-19-17-15-13-11-9-7-2/h14-17,20-22,26,46,50H,6-13,18-19,23-25,27-45H2,1-5H3/p+1/b16-14-,17-15-,22-20-,26-21-. The SMILES string of the molecule is CCCCC/C=C\C/C=C\CCCCCCCCCCCC(=O)OC(COC(=O)CCCCCCC/C=C\C/C=C\CCCCC)COC(OCC[N+](C)(C)C)C(=O)O. The largest absolute Gasteiger partial charge is 0.477 e. The van der Waals surface area contributed by atoms with Crippen molar-refractivity contribution in [3.8, 4) is 0 Å². The first-order valence-corrected chi connectivity index (χ1v) is 23.8. The van der Waals surface area contributed by atoms with Crippen LogP contribution in [0.5, 0.6) is 0 Å². The van der Waals surface area contributed by atoms with Gasteiger partial charge in [0, 0.05) is 12.8 Å². The minimum Gasteiger partial charge on any atom is -0.477 e. The fraction of sp³-hybridized carbons (Fsp3) is 0.780. The van der Waals surface area contributed by atoms with E-state index >= 15 is 0 Å². The zero-order chi connectivity index (χ0) is 43.5. The number of likely N-dealkylation sites (N-methyl/N-ethyl adjacent to an activating group) is 1. The monoisotopic (exact) mass is 833 g/mol. The molecule has 0 heterocycles. The number of nitrogens with zero attached hydrogens (tertiary/aromatic N) is 1. The number of carbonyl (C=O) groups is 3. The number of aliphatic carboxylic acids is 1. The number of allylic oxidation sites excluding steroid dienone is 8. The number of hydrogen-bond donors (Lipinski definition) is 1. The van der Waals surface area contributed by atoms with Gasteiger partial charge in [0.1, 0.15) is 13.2 Å². The third-order valence-electron chi connectivity index (χ3n) is 10.1. The predicted octanol–water partition coefficient (Wildman–Crippen LogP) is 12.8. The van der Waals surface area contributed by atoms with Crippen LogP contribution in [0.15, 0.2) is 48.6 Å². The van der Waals surface area contributed by atoms with Gasteiger partial charge >= 0.3 is 17.9 Å². The molecule has 9 heteroatoms. The molecular formula is C50H90NO8+. The van der Waals surface area contributed by atoms with Crippen molar-refractivity contribution in [3.05, 3.63) is 48.6 Å². The van der Waals surface area contributed by atoms with Crippen LogP contribution in [-0.2, 0) is 33.3 Å². The molecule has 0 fully saturated rings. The van der Waals surface area contributed by atoms with E-state index in [4.69, 9.17) is 18.9 Å². The van der Waals surface area contributed by atoms with E-state index in [0.29, 0.717) is 17.4 Å². The van der Waals surface area contributed by atoms with Crippen LogP contribution in [-0.4, -0.2) is 87.4 Å². The third kappa shape index (κ3) is 43.2. The highest BCUT2D eigenvalue weighted by Crippen LogP contribution is 2.14. The van der Waals surface area contributed by atoms with E-state index in [1.54, 1.807) is 0 Å². The molecule has 0 radical (unpaired) electrons. The molecule has 9 nitrogen and oxygen atoms in total. The van der Waals surface area contributed by atoms with Crippen LogP contribution < -0.4 is 0 Å². The fourth-order valence-corrected chi connectivity index (χ4v) is 6.31. The van der Waals surface area contributed by atoms with Gasteiger partial charge in [0.2, 0.25) is 0 Å². The summed E-state index contributed by atoms with van der Waals surface area (Å²) in [5, 5.41) is 9.65. The van der Waals surface area contributed by atoms with Gasteiger partial charge in [-0.2, -0.15) is 0 Å². The molecule has 1 N–H and O–H groups in total. The molecular weight excluding hydrogens is 743 g/mol. The molecule has 2 atom stereocenters. The van der Waals surface area contributed by atoms with Crippen LogP contribution in [0.25, 0.3) is 0 Å². The van der Waals surface area contributed by atoms with E-state index in [1.165, 1.54) is 83.5 Å². The lowest BCUT2D eigenvalue weighted by molar-refractivity contribution is -0.870. The molecule has 0 spiro atoms. The van der Waals surface area contributed by atoms with Crippen LogP contribution in [0.4, 0.5) is 0 Å². The van der Waals surface area contributed by atoms with Crippen molar-refractivity contribution in [1.82, 2.24) is 0 Å². The molecule has 0 aliphatic rings. The first-order valence-electron chi connectivity index (χ1n) is 23.8. The molecule has 0 aromatic carbocycles. The molecule has 0 aliphatic heterocycles. The Labute approximate surface area is 362 Å². The number of ether oxygens (including phenoxy) is 4. The van der Waals surface area contributed by atoms with E-state index < -0.39 is 24.3 Å². The normalized spacial score (nSPS) is 13.3. The molecule has 0 bridgehead atoms. The summed E-state index contributed by atoms with van der Waals surface area (Å²) in [6.45, 7) is 4.80. The topological polar surface area (TPSA) is 108 Å². The lowest BCUT2D eigenvalue weighted by Crippen LogP contribution is -2.40. The quantitative estimate of drug-likeness (QED) is 0.0213. The average molecular weight is 833 g/mol. The zero-order valence-corrected chi connectivity index (χ0v) is 38.7. The number of carbonyl (C=O) groups excluding carboxylic acids is 2. The lowest BCUT2D eigenvalue weighted by Gasteiger charge is -2.25. The van der Waals surface area contributed by atoms with Gasteiger partial charge in [-0.15, -0.1) is 0 Å². The van der Waals surface area contributed by atoms with E-state index in [0.717, 1.165) is 77.0 Å². The number of carboxylic acids is 1. The molecule has 2 unspecified atom stereocenters. The van der Waals surface area contributed by atoms with E-state index in [1.807, 2.05) is 21.1 Å².